The predicted octanol–water partition coefficient (Wildman–Crippen LogP) is 1.72. The zero-order chi connectivity index (χ0) is 16.1. The normalized spacial score (nSPS) is 18.2. The first-order valence-corrected chi connectivity index (χ1v) is 9.37. The monoisotopic (exact) mass is 332 g/mol. The average Bonchev–Trinajstić information content (AvgIpc) is 2.89. The maximum absolute atomic E-state index is 11.9. The predicted molar refractivity (Wildman–Crippen MR) is 95.8 cm³/mol. The van der Waals surface area contributed by atoms with Crippen LogP contribution in [-0.2, 0) is 18.3 Å². The molecule has 1 aliphatic heterocycles. The summed E-state index contributed by atoms with van der Waals surface area (Å²) in [6, 6.07) is 8.50. The van der Waals surface area contributed by atoms with E-state index in [4.69, 9.17) is 0 Å². The number of rotatable bonds is 6. The number of benzene rings is 1. The highest BCUT2D eigenvalue weighted by Crippen LogP contribution is 2.15. The highest BCUT2D eigenvalue weighted by Gasteiger charge is 2.16. The van der Waals surface area contributed by atoms with Crippen LogP contribution in [0, 0.1) is 0 Å². The van der Waals surface area contributed by atoms with E-state index >= 15 is 0 Å². The Balaban J connectivity index is 1.42. The third-order valence-electron chi connectivity index (χ3n) is 4.21. The van der Waals surface area contributed by atoms with Crippen molar-refractivity contribution >= 4 is 28.7 Å². The van der Waals surface area contributed by atoms with Crippen molar-refractivity contribution in [1.29, 1.82) is 0 Å². The Hall–Kier alpha value is -1.53. The summed E-state index contributed by atoms with van der Waals surface area (Å²) in [4.78, 5) is 16.6. The van der Waals surface area contributed by atoms with Gasteiger partial charge in [0.05, 0.1) is 11.0 Å². The van der Waals surface area contributed by atoms with Crippen LogP contribution in [0.1, 0.15) is 18.7 Å². The summed E-state index contributed by atoms with van der Waals surface area (Å²) in [5.74, 6) is 3.41. The molecule has 0 aliphatic carbocycles. The van der Waals surface area contributed by atoms with Gasteiger partial charge < -0.3 is 15.2 Å². The molecule has 2 N–H and O–H groups in total. The lowest BCUT2D eigenvalue weighted by atomic mass is 10.2. The molecule has 124 valence electrons. The number of fused-ring (bicyclic) bond motifs is 1. The molecule has 3 rings (SSSR count). The molecule has 1 atom stereocenters. The highest BCUT2D eigenvalue weighted by molar-refractivity contribution is 7.99. The topological polar surface area (TPSA) is 59.0 Å². The van der Waals surface area contributed by atoms with Crippen molar-refractivity contribution in [2.75, 3.05) is 24.6 Å². The number of amides is 1. The van der Waals surface area contributed by atoms with Crippen LogP contribution in [-0.4, -0.2) is 46.1 Å². The Kier molecular flexibility index (Phi) is 5.56. The quantitative estimate of drug-likeness (QED) is 0.791. The molecule has 0 saturated carbocycles. The third-order valence-corrected chi connectivity index (χ3v) is 5.34. The minimum atomic E-state index is 0.148. The number of thioether (sulfide) groups is 1. The van der Waals surface area contributed by atoms with Crippen LogP contribution in [0.25, 0.3) is 11.0 Å². The van der Waals surface area contributed by atoms with Gasteiger partial charge in [-0.15, -0.1) is 0 Å². The molecule has 1 aromatic heterocycles. The number of aromatic nitrogens is 2. The summed E-state index contributed by atoms with van der Waals surface area (Å²) in [7, 11) is 2.05. The van der Waals surface area contributed by atoms with Crippen molar-refractivity contribution < 1.29 is 4.79 Å². The van der Waals surface area contributed by atoms with Crippen molar-refractivity contribution in [3.8, 4) is 0 Å². The number of aryl methyl sites for hydroxylation is 2. The van der Waals surface area contributed by atoms with Gasteiger partial charge in [-0.3, -0.25) is 4.79 Å². The minimum absolute atomic E-state index is 0.148. The summed E-state index contributed by atoms with van der Waals surface area (Å²) in [6.45, 7) is 1.72. The summed E-state index contributed by atoms with van der Waals surface area (Å²) in [5, 5.41) is 6.42. The SMILES string of the molecule is Cn1c(CCCNC(=O)CC2CSCCN2)nc2ccccc21. The molecule has 5 nitrogen and oxygen atoms in total. The molecule has 1 fully saturated rings. The van der Waals surface area contributed by atoms with E-state index in [1.54, 1.807) is 0 Å². The molecule has 1 unspecified atom stereocenters. The molecule has 2 heterocycles. The van der Waals surface area contributed by atoms with E-state index in [9.17, 15) is 4.79 Å². The lowest BCUT2D eigenvalue weighted by Crippen LogP contribution is -2.41. The van der Waals surface area contributed by atoms with Gasteiger partial charge in [-0.05, 0) is 18.6 Å². The largest absolute Gasteiger partial charge is 0.356 e. The minimum Gasteiger partial charge on any atom is -0.356 e. The molecule has 1 amide bonds. The van der Waals surface area contributed by atoms with Crippen molar-refractivity contribution in [3.63, 3.8) is 0 Å². The molecule has 23 heavy (non-hydrogen) atoms. The number of carbonyl (C=O) groups is 1. The Morgan fingerprint density at radius 1 is 1.48 bits per heavy atom. The number of hydrogen-bond donors (Lipinski definition) is 2. The lowest BCUT2D eigenvalue weighted by molar-refractivity contribution is -0.121. The van der Waals surface area contributed by atoms with Crippen LogP contribution in [0.15, 0.2) is 24.3 Å². The van der Waals surface area contributed by atoms with Crippen LogP contribution in [0.5, 0.6) is 0 Å². The van der Waals surface area contributed by atoms with E-state index in [1.165, 1.54) is 0 Å². The van der Waals surface area contributed by atoms with Gasteiger partial charge in [0, 0.05) is 50.5 Å². The maximum atomic E-state index is 11.9. The Labute approximate surface area is 141 Å². The molecule has 6 heteroatoms. The van der Waals surface area contributed by atoms with Gasteiger partial charge in [-0.2, -0.15) is 11.8 Å². The number of nitrogens with zero attached hydrogens (tertiary/aromatic N) is 2. The van der Waals surface area contributed by atoms with E-state index in [1.807, 2.05) is 30.0 Å². The Morgan fingerprint density at radius 3 is 3.13 bits per heavy atom. The van der Waals surface area contributed by atoms with E-state index in [2.05, 4.69) is 33.3 Å². The van der Waals surface area contributed by atoms with E-state index in [0.29, 0.717) is 19.0 Å². The van der Waals surface area contributed by atoms with Crippen LogP contribution < -0.4 is 10.6 Å². The fourth-order valence-corrected chi connectivity index (χ4v) is 3.89. The zero-order valence-electron chi connectivity index (χ0n) is 13.5. The first-order valence-electron chi connectivity index (χ1n) is 8.22. The molecule has 2 aromatic rings. The van der Waals surface area contributed by atoms with Gasteiger partial charge >= 0.3 is 0 Å². The molecule has 1 aliphatic rings. The van der Waals surface area contributed by atoms with Gasteiger partial charge in [-0.1, -0.05) is 12.1 Å². The number of nitrogens with one attached hydrogen (secondary N) is 2. The first-order chi connectivity index (χ1) is 11.2. The summed E-state index contributed by atoms with van der Waals surface area (Å²) in [5.41, 5.74) is 2.20. The smallest absolute Gasteiger partial charge is 0.221 e. The van der Waals surface area contributed by atoms with Crippen molar-refractivity contribution in [2.24, 2.45) is 7.05 Å². The molecular formula is C17H24N4OS. The lowest BCUT2D eigenvalue weighted by Gasteiger charge is -2.22. The number of imidazole rings is 1. The van der Waals surface area contributed by atoms with Gasteiger partial charge in [0.15, 0.2) is 0 Å². The molecule has 1 saturated heterocycles. The Bertz CT molecular complexity index is 664. The van der Waals surface area contributed by atoms with Gasteiger partial charge in [0.25, 0.3) is 0 Å². The summed E-state index contributed by atoms with van der Waals surface area (Å²) >= 11 is 1.92. The van der Waals surface area contributed by atoms with E-state index < -0.39 is 0 Å². The molecule has 0 radical (unpaired) electrons. The fraction of sp³-hybridized carbons (Fsp3) is 0.529. The molecule has 0 spiro atoms. The van der Waals surface area contributed by atoms with Gasteiger partial charge in [0.1, 0.15) is 5.82 Å². The number of hydrogen-bond acceptors (Lipinski definition) is 4. The van der Waals surface area contributed by atoms with E-state index in [0.717, 1.165) is 47.7 Å². The van der Waals surface area contributed by atoms with Gasteiger partial charge in [0.2, 0.25) is 5.91 Å². The summed E-state index contributed by atoms with van der Waals surface area (Å²) in [6.07, 6.45) is 2.37. The standard InChI is InChI=1S/C17H24N4OS/c1-21-15-6-3-2-5-14(15)20-16(21)7-4-8-19-17(22)11-13-12-23-10-9-18-13/h2-3,5-6,13,18H,4,7-12H2,1H3,(H,19,22). The second-order valence-electron chi connectivity index (χ2n) is 5.96. The first kappa shape index (κ1) is 16.3. The van der Waals surface area contributed by atoms with Crippen molar-refractivity contribution in [3.05, 3.63) is 30.1 Å². The van der Waals surface area contributed by atoms with Crippen LogP contribution >= 0.6 is 11.8 Å². The average molecular weight is 332 g/mol. The maximum Gasteiger partial charge on any atom is 0.221 e. The Morgan fingerprint density at radius 2 is 2.35 bits per heavy atom. The molecule has 1 aromatic carbocycles. The third kappa shape index (κ3) is 4.26. The fourth-order valence-electron chi connectivity index (χ4n) is 2.94. The van der Waals surface area contributed by atoms with E-state index in [-0.39, 0.29) is 5.91 Å². The highest BCUT2D eigenvalue weighted by atomic mass is 32.2. The second kappa shape index (κ2) is 7.84. The second-order valence-corrected chi connectivity index (χ2v) is 7.11. The van der Waals surface area contributed by atoms with Gasteiger partial charge in [-0.25, -0.2) is 4.98 Å². The van der Waals surface area contributed by atoms with Crippen LogP contribution in [0.4, 0.5) is 0 Å². The van der Waals surface area contributed by atoms with Crippen molar-refractivity contribution in [2.45, 2.75) is 25.3 Å². The van der Waals surface area contributed by atoms with Crippen LogP contribution in [0.3, 0.4) is 0 Å². The molecule has 0 bridgehead atoms. The zero-order valence-corrected chi connectivity index (χ0v) is 14.4. The number of para-hydroxylation sites is 2. The number of carbonyl (C=O) groups excluding carboxylic acids is 1. The van der Waals surface area contributed by atoms with Crippen molar-refractivity contribution in [1.82, 2.24) is 20.2 Å². The molecular weight excluding hydrogens is 308 g/mol. The van der Waals surface area contributed by atoms with Crippen LogP contribution in [0.2, 0.25) is 0 Å². The summed E-state index contributed by atoms with van der Waals surface area (Å²) < 4.78 is 2.14.